The van der Waals surface area contributed by atoms with Crippen LogP contribution in [0.1, 0.15) is 35.8 Å². The molecule has 0 unspecified atom stereocenters. The van der Waals surface area contributed by atoms with E-state index in [2.05, 4.69) is 34.3 Å². The monoisotopic (exact) mass is 355 g/mol. The van der Waals surface area contributed by atoms with E-state index < -0.39 is 0 Å². The van der Waals surface area contributed by atoms with Gasteiger partial charge in [-0.15, -0.1) is 0 Å². The van der Waals surface area contributed by atoms with E-state index in [1.807, 2.05) is 12.1 Å². The van der Waals surface area contributed by atoms with Crippen molar-refractivity contribution in [1.82, 2.24) is 10.3 Å². The number of piperidine rings is 1. The molecule has 1 aliphatic rings. The molecule has 2 heterocycles. The lowest BCUT2D eigenvalue weighted by Gasteiger charge is -2.32. The van der Waals surface area contributed by atoms with Gasteiger partial charge in [-0.05, 0) is 36.5 Å². The molecule has 0 bridgehead atoms. The first-order valence-corrected chi connectivity index (χ1v) is 8.95. The lowest BCUT2D eigenvalue weighted by Crippen LogP contribution is -2.34. The Kier molecular flexibility index (Phi) is 5.61. The number of methoxy groups -OCH3 is 1. The fourth-order valence-corrected chi connectivity index (χ4v) is 3.28. The van der Waals surface area contributed by atoms with Crippen LogP contribution in [-0.4, -0.2) is 31.1 Å². The highest BCUT2D eigenvalue weighted by Gasteiger charge is 2.16. The highest BCUT2D eigenvalue weighted by molar-refractivity contribution is 5.92. The number of anilines is 1. The zero-order valence-electron chi connectivity index (χ0n) is 15.2. The van der Waals surface area contributed by atoms with Crippen molar-refractivity contribution < 1.29 is 9.53 Å². The average molecular weight is 355 g/mol. The Hall–Kier alpha value is -2.76. The maximum Gasteiger partial charge on any atom is 0.268 e. The summed E-state index contributed by atoms with van der Waals surface area (Å²) in [4.78, 5) is 29.1. The Morgan fingerprint density at radius 3 is 2.77 bits per heavy atom. The summed E-state index contributed by atoms with van der Waals surface area (Å²) in [5.41, 5.74) is 2.14. The first kappa shape index (κ1) is 18.0. The van der Waals surface area contributed by atoms with Crippen LogP contribution in [0.2, 0.25) is 0 Å². The van der Waals surface area contributed by atoms with Crippen LogP contribution in [-0.2, 0) is 6.54 Å². The van der Waals surface area contributed by atoms with Crippen LogP contribution in [0.5, 0.6) is 5.75 Å². The molecule has 6 nitrogen and oxygen atoms in total. The number of ether oxygens (including phenoxy) is 1. The van der Waals surface area contributed by atoms with Gasteiger partial charge >= 0.3 is 0 Å². The van der Waals surface area contributed by atoms with E-state index in [9.17, 15) is 9.59 Å². The van der Waals surface area contributed by atoms with Crippen LogP contribution in [0.15, 0.2) is 41.3 Å². The number of carbonyl (C=O) groups excluding carboxylic acids is 1. The molecule has 2 N–H and O–H groups in total. The van der Waals surface area contributed by atoms with Gasteiger partial charge < -0.3 is 19.9 Å². The Bertz CT molecular complexity index is 814. The van der Waals surface area contributed by atoms with Crippen LogP contribution in [0.25, 0.3) is 0 Å². The van der Waals surface area contributed by atoms with Gasteiger partial charge in [0.25, 0.3) is 5.91 Å². The molecule has 3 rings (SSSR count). The van der Waals surface area contributed by atoms with Crippen LogP contribution in [0.3, 0.4) is 0 Å². The summed E-state index contributed by atoms with van der Waals surface area (Å²) in [7, 11) is 1.42. The van der Waals surface area contributed by atoms with E-state index in [1.165, 1.54) is 37.9 Å². The third-order valence-electron chi connectivity index (χ3n) is 4.75. The quantitative estimate of drug-likeness (QED) is 0.864. The van der Waals surface area contributed by atoms with Crippen molar-refractivity contribution in [2.75, 3.05) is 25.1 Å². The second-order valence-corrected chi connectivity index (χ2v) is 6.82. The minimum atomic E-state index is -0.323. The molecule has 138 valence electrons. The molecule has 1 amide bonds. The van der Waals surface area contributed by atoms with Crippen LogP contribution in [0, 0.1) is 5.92 Å². The number of aromatic nitrogens is 1. The van der Waals surface area contributed by atoms with Gasteiger partial charge in [0.05, 0.1) is 7.11 Å². The number of hydrogen-bond donors (Lipinski definition) is 2. The van der Waals surface area contributed by atoms with Gasteiger partial charge in [-0.25, -0.2) is 0 Å². The van der Waals surface area contributed by atoms with E-state index in [-0.39, 0.29) is 22.8 Å². The van der Waals surface area contributed by atoms with Gasteiger partial charge in [0, 0.05) is 37.6 Å². The van der Waals surface area contributed by atoms with E-state index >= 15 is 0 Å². The third kappa shape index (κ3) is 4.25. The summed E-state index contributed by atoms with van der Waals surface area (Å²) in [5, 5.41) is 2.82. The van der Waals surface area contributed by atoms with Crippen molar-refractivity contribution in [3.8, 4) is 5.75 Å². The molecule has 2 aromatic rings. The van der Waals surface area contributed by atoms with E-state index in [0.717, 1.165) is 24.6 Å². The maximum atomic E-state index is 12.2. The molecule has 1 aliphatic heterocycles. The molecule has 0 aliphatic carbocycles. The zero-order valence-corrected chi connectivity index (χ0v) is 15.2. The molecule has 26 heavy (non-hydrogen) atoms. The number of pyridine rings is 1. The summed E-state index contributed by atoms with van der Waals surface area (Å²) in [6, 6.07) is 9.52. The Morgan fingerprint density at radius 2 is 2.12 bits per heavy atom. The van der Waals surface area contributed by atoms with Gasteiger partial charge in [-0.3, -0.25) is 9.59 Å². The molecule has 1 atom stereocenters. The average Bonchev–Trinajstić information content (AvgIpc) is 2.66. The number of H-pyrrole nitrogens is 1. The molecular formula is C20H25N3O3. The molecule has 6 heteroatoms. The van der Waals surface area contributed by atoms with Crippen LogP contribution >= 0.6 is 0 Å². The fourth-order valence-electron chi connectivity index (χ4n) is 3.28. The van der Waals surface area contributed by atoms with Gasteiger partial charge in [0.1, 0.15) is 5.69 Å². The van der Waals surface area contributed by atoms with Crippen molar-refractivity contribution in [2.45, 2.75) is 26.3 Å². The molecule has 0 saturated carbocycles. The highest BCUT2D eigenvalue weighted by atomic mass is 16.5. The molecule has 0 spiro atoms. The lowest BCUT2D eigenvalue weighted by atomic mass is 9.99. The first-order chi connectivity index (χ1) is 12.6. The van der Waals surface area contributed by atoms with Crippen molar-refractivity contribution >= 4 is 11.6 Å². The van der Waals surface area contributed by atoms with Crippen molar-refractivity contribution in [2.24, 2.45) is 5.92 Å². The second kappa shape index (κ2) is 8.08. The molecule has 1 aromatic carbocycles. The summed E-state index contributed by atoms with van der Waals surface area (Å²) in [5.74, 6) is 0.595. The van der Waals surface area contributed by atoms with Crippen LogP contribution < -0.4 is 20.4 Å². The number of aromatic amines is 1. The first-order valence-electron chi connectivity index (χ1n) is 8.95. The highest BCUT2D eigenvalue weighted by Crippen LogP contribution is 2.23. The van der Waals surface area contributed by atoms with Crippen molar-refractivity contribution in [3.63, 3.8) is 0 Å². The van der Waals surface area contributed by atoms with Gasteiger partial charge in [0.2, 0.25) is 5.43 Å². The van der Waals surface area contributed by atoms with Crippen LogP contribution in [0.4, 0.5) is 5.69 Å². The Labute approximate surface area is 153 Å². The topological polar surface area (TPSA) is 74.4 Å². The van der Waals surface area contributed by atoms with Gasteiger partial charge in [-0.2, -0.15) is 0 Å². The Morgan fingerprint density at radius 1 is 1.35 bits per heavy atom. The number of nitrogens with zero attached hydrogens (tertiary/aromatic N) is 1. The standard InChI is InChI=1S/C20H25N3O3/c1-14-4-3-9-23(13-14)16-7-5-15(6-8-16)11-22-20(25)17-10-18(24)19(26-2)12-21-17/h5-8,10,12,14H,3-4,9,11,13H2,1-2H3,(H,21,24)(H,22,25)/t14-/m0/s1. The summed E-state index contributed by atoms with van der Waals surface area (Å²) >= 11 is 0. The minimum Gasteiger partial charge on any atom is -0.491 e. The fraction of sp³-hybridized carbons (Fsp3) is 0.400. The summed E-state index contributed by atoms with van der Waals surface area (Å²) < 4.78 is 4.90. The van der Waals surface area contributed by atoms with Crippen molar-refractivity contribution in [1.29, 1.82) is 0 Å². The smallest absolute Gasteiger partial charge is 0.268 e. The normalized spacial score (nSPS) is 17.0. The lowest BCUT2D eigenvalue weighted by molar-refractivity contribution is 0.0945. The predicted molar refractivity (Wildman–Crippen MR) is 102 cm³/mol. The molecule has 1 saturated heterocycles. The largest absolute Gasteiger partial charge is 0.491 e. The van der Waals surface area contributed by atoms with E-state index in [1.54, 1.807) is 0 Å². The summed E-state index contributed by atoms with van der Waals surface area (Å²) in [6.45, 7) is 4.90. The number of rotatable bonds is 5. The number of hydrogen-bond acceptors (Lipinski definition) is 4. The predicted octanol–water partition coefficient (Wildman–Crippen LogP) is 2.55. The molecule has 0 radical (unpaired) electrons. The van der Waals surface area contributed by atoms with E-state index in [4.69, 9.17) is 4.74 Å². The number of amides is 1. The second-order valence-electron chi connectivity index (χ2n) is 6.82. The number of carbonyl (C=O) groups is 1. The number of nitrogens with one attached hydrogen (secondary N) is 2. The van der Waals surface area contributed by atoms with Gasteiger partial charge in [-0.1, -0.05) is 19.1 Å². The minimum absolute atomic E-state index is 0.184. The van der Waals surface area contributed by atoms with Crippen molar-refractivity contribution in [3.05, 3.63) is 58.0 Å². The zero-order chi connectivity index (χ0) is 18.5. The summed E-state index contributed by atoms with van der Waals surface area (Å²) in [6.07, 6.45) is 3.93. The Balaban J connectivity index is 1.58. The maximum absolute atomic E-state index is 12.2. The third-order valence-corrected chi connectivity index (χ3v) is 4.75. The molecular weight excluding hydrogens is 330 g/mol. The SMILES string of the molecule is COc1c[nH]c(C(=O)NCc2ccc(N3CCC[C@H](C)C3)cc2)cc1=O. The molecule has 1 fully saturated rings. The van der Waals surface area contributed by atoms with E-state index in [0.29, 0.717) is 6.54 Å². The number of benzene rings is 1. The molecule has 1 aromatic heterocycles. The van der Waals surface area contributed by atoms with Gasteiger partial charge in [0.15, 0.2) is 5.75 Å².